The normalized spacial score (nSPS) is 30.1. The standard InChI is InChI=1S/C18H21NO2/c1-12-3-6-18-5-2-7-19(18)8-4-13-9-15-16(21-11-20-15)10-14(13)17(12)18/h9-10H,2-8,11H2,1H3. The highest BCUT2D eigenvalue weighted by molar-refractivity contribution is 5.82. The van der Waals surface area contributed by atoms with Crippen molar-refractivity contribution in [2.24, 2.45) is 0 Å². The van der Waals surface area contributed by atoms with Gasteiger partial charge in [0.05, 0.1) is 0 Å². The molecule has 1 saturated heterocycles. The number of benzene rings is 1. The zero-order valence-electron chi connectivity index (χ0n) is 12.6. The fraction of sp³-hybridized carbons (Fsp3) is 0.556. The van der Waals surface area contributed by atoms with Gasteiger partial charge in [-0.15, -0.1) is 0 Å². The maximum absolute atomic E-state index is 5.64. The number of fused-ring (bicyclic) bond motifs is 3. The molecular weight excluding hydrogens is 262 g/mol. The Hall–Kier alpha value is -1.48. The molecule has 0 bridgehead atoms. The van der Waals surface area contributed by atoms with Crippen molar-refractivity contribution < 1.29 is 9.47 Å². The predicted molar refractivity (Wildman–Crippen MR) is 81.6 cm³/mol. The molecule has 0 N–H and O–H groups in total. The predicted octanol–water partition coefficient (Wildman–Crippen LogP) is 3.37. The molecule has 3 heteroatoms. The van der Waals surface area contributed by atoms with Gasteiger partial charge in [0.1, 0.15) is 0 Å². The van der Waals surface area contributed by atoms with Gasteiger partial charge in [0.2, 0.25) is 6.79 Å². The molecule has 0 saturated carbocycles. The van der Waals surface area contributed by atoms with E-state index in [1.54, 1.807) is 11.1 Å². The number of hydrogen-bond acceptors (Lipinski definition) is 3. The molecule has 3 nitrogen and oxygen atoms in total. The van der Waals surface area contributed by atoms with Crippen molar-refractivity contribution in [1.29, 1.82) is 0 Å². The van der Waals surface area contributed by atoms with Gasteiger partial charge in [-0.1, -0.05) is 5.57 Å². The first-order chi connectivity index (χ1) is 10.3. The van der Waals surface area contributed by atoms with Gasteiger partial charge in [-0.3, -0.25) is 4.90 Å². The first-order valence-electron chi connectivity index (χ1n) is 8.16. The smallest absolute Gasteiger partial charge is 0.231 e. The highest BCUT2D eigenvalue weighted by atomic mass is 16.7. The average Bonchev–Trinajstić information content (AvgIpc) is 3.15. The van der Waals surface area contributed by atoms with Crippen LogP contribution in [0.25, 0.3) is 5.57 Å². The molecule has 5 rings (SSSR count). The van der Waals surface area contributed by atoms with Gasteiger partial charge in [0.25, 0.3) is 0 Å². The van der Waals surface area contributed by atoms with Crippen LogP contribution in [0.3, 0.4) is 0 Å². The average molecular weight is 283 g/mol. The lowest BCUT2D eigenvalue weighted by molar-refractivity contribution is 0.173. The van der Waals surface area contributed by atoms with E-state index in [0.717, 1.165) is 17.9 Å². The summed E-state index contributed by atoms with van der Waals surface area (Å²) >= 11 is 0. The summed E-state index contributed by atoms with van der Waals surface area (Å²) in [6, 6.07) is 4.48. The lowest BCUT2D eigenvalue weighted by Gasteiger charge is -2.36. The van der Waals surface area contributed by atoms with Gasteiger partial charge in [0.15, 0.2) is 11.5 Å². The number of ether oxygens (including phenoxy) is 2. The summed E-state index contributed by atoms with van der Waals surface area (Å²) in [4.78, 5) is 2.76. The molecule has 3 aliphatic heterocycles. The topological polar surface area (TPSA) is 21.7 Å². The highest BCUT2D eigenvalue weighted by Gasteiger charge is 2.49. The van der Waals surface area contributed by atoms with Crippen molar-refractivity contribution in [3.05, 3.63) is 28.8 Å². The number of rotatable bonds is 0. The molecule has 3 heterocycles. The zero-order chi connectivity index (χ0) is 14.0. The molecule has 1 aliphatic carbocycles. The van der Waals surface area contributed by atoms with Crippen LogP contribution in [0.2, 0.25) is 0 Å². The molecule has 1 aromatic carbocycles. The van der Waals surface area contributed by atoms with Crippen LogP contribution in [0, 0.1) is 0 Å². The monoisotopic (exact) mass is 283 g/mol. The minimum Gasteiger partial charge on any atom is -0.454 e. The number of allylic oxidation sites excluding steroid dienone is 1. The first-order valence-corrected chi connectivity index (χ1v) is 8.16. The summed E-state index contributed by atoms with van der Waals surface area (Å²) in [6.45, 7) is 5.15. The zero-order valence-corrected chi connectivity index (χ0v) is 12.6. The third-order valence-corrected chi connectivity index (χ3v) is 5.95. The van der Waals surface area contributed by atoms with Crippen molar-refractivity contribution in [3.8, 4) is 11.5 Å². The second-order valence-electron chi connectivity index (χ2n) is 6.89. The van der Waals surface area contributed by atoms with Crippen LogP contribution in [0.15, 0.2) is 17.7 Å². The van der Waals surface area contributed by atoms with Crippen LogP contribution >= 0.6 is 0 Å². The molecule has 1 atom stereocenters. The Morgan fingerprint density at radius 3 is 2.81 bits per heavy atom. The van der Waals surface area contributed by atoms with Gasteiger partial charge in [0, 0.05) is 12.1 Å². The Morgan fingerprint density at radius 2 is 1.90 bits per heavy atom. The third-order valence-electron chi connectivity index (χ3n) is 5.95. The minimum absolute atomic E-state index is 0.322. The molecule has 0 radical (unpaired) electrons. The van der Waals surface area contributed by atoms with E-state index in [2.05, 4.69) is 24.0 Å². The molecule has 21 heavy (non-hydrogen) atoms. The summed E-state index contributed by atoms with van der Waals surface area (Å²) < 4.78 is 11.2. The van der Waals surface area contributed by atoms with E-state index in [0.29, 0.717) is 12.3 Å². The van der Waals surface area contributed by atoms with Gasteiger partial charge in [-0.25, -0.2) is 0 Å². The number of hydrogen-bond donors (Lipinski definition) is 0. The van der Waals surface area contributed by atoms with Crippen LogP contribution < -0.4 is 9.47 Å². The lowest BCUT2D eigenvalue weighted by Crippen LogP contribution is -2.42. The fourth-order valence-electron chi connectivity index (χ4n) is 5.03. The molecule has 1 spiro atoms. The summed E-state index contributed by atoms with van der Waals surface area (Å²) in [7, 11) is 0. The largest absolute Gasteiger partial charge is 0.454 e. The lowest BCUT2D eigenvalue weighted by atomic mass is 9.83. The van der Waals surface area contributed by atoms with Crippen molar-refractivity contribution >= 4 is 5.57 Å². The fourth-order valence-corrected chi connectivity index (χ4v) is 5.03. The molecule has 4 aliphatic rings. The van der Waals surface area contributed by atoms with Crippen LogP contribution in [0.5, 0.6) is 11.5 Å². The molecule has 1 aromatic rings. The SMILES string of the molecule is CC1=C2c3cc4c(cc3CCN3CCCC23CC1)OCO4. The second kappa shape index (κ2) is 4.04. The van der Waals surface area contributed by atoms with Gasteiger partial charge in [-0.2, -0.15) is 0 Å². The third kappa shape index (κ3) is 1.48. The van der Waals surface area contributed by atoms with Gasteiger partial charge < -0.3 is 9.47 Å². The Bertz CT molecular complexity index is 663. The van der Waals surface area contributed by atoms with Crippen molar-refractivity contribution in [2.45, 2.75) is 44.6 Å². The first kappa shape index (κ1) is 12.1. The van der Waals surface area contributed by atoms with E-state index in [1.165, 1.54) is 49.9 Å². The van der Waals surface area contributed by atoms with E-state index >= 15 is 0 Å². The summed E-state index contributed by atoms with van der Waals surface area (Å²) in [5.74, 6) is 1.86. The molecule has 0 amide bonds. The molecule has 1 fully saturated rings. The van der Waals surface area contributed by atoms with E-state index in [1.807, 2.05) is 0 Å². The van der Waals surface area contributed by atoms with Crippen molar-refractivity contribution in [1.82, 2.24) is 4.90 Å². The van der Waals surface area contributed by atoms with Gasteiger partial charge >= 0.3 is 0 Å². The van der Waals surface area contributed by atoms with Gasteiger partial charge in [-0.05, 0) is 74.4 Å². The second-order valence-corrected chi connectivity index (χ2v) is 6.89. The Balaban J connectivity index is 1.76. The summed E-state index contributed by atoms with van der Waals surface area (Å²) in [6.07, 6.45) is 6.36. The summed E-state index contributed by atoms with van der Waals surface area (Å²) in [5, 5.41) is 0. The summed E-state index contributed by atoms with van der Waals surface area (Å²) in [5.41, 5.74) is 6.42. The number of nitrogens with zero attached hydrogens (tertiary/aromatic N) is 1. The van der Waals surface area contributed by atoms with Crippen molar-refractivity contribution in [3.63, 3.8) is 0 Å². The quantitative estimate of drug-likeness (QED) is 0.728. The minimum atomic E-state index is 0.322. The Labute approximate surface area is 125 Å². The molecule has 0 aromatic heterocycles. The molecular formula is C18H21NO2. The Kier molecular flexibility index (Phi) is 2.33. The van der Waals surface area contributed by atoms with E-state index < -0.39 is 0 Å². The maximum Gasteiger partial charge on any atom is 0.231 e. The van der Waals surface area contributed by atoms with E-state index in [4.69, 9.17) is 9.47 Å². The molecule has 110 valence electrons. The highest BCUT2D eigenvalue weighted by Crippen LogP contribution is 2.54. The van der Waals surface area contributed by atoms with Crippen LogP contribution in [-0.2, 0) is 6.42 Å². The van der Waals surface area contributed by atoms with Crippen LogP contribution in [0.1, 0.15) is 43.7 Å². The van der Waals surface area contributed by atoms with Crippen molar-refractivity contribution in [2.75, 3.05) is 19.9 Å². The van der Waals surface area contributed by atoms with Crippen LogP contribution in [0.4, 0.5) is 0 Å². The maximum atomic E-state index is 5.64. The Morgan fingerprint density at radius 1 is 1.05 bits per heavy atom. The van der Waals surface area contributed by atoms with Crippen LogP contribution in [-0.4, -0.2) is 30.3 Å². The molecule has 1 unspecified atom stereocenters. The van der Waals surface area contributed by atoms with E-state index in [9.17, 15) is 0 Å². The van der Waals surface area contributed by atoms with E-state index in [-0.39, 0.29) is 0 Å².